The number of rotatable bonds is 2. The molecule has 0 aliphatic heterocycles. The van der Waals surface area contributed by atoms with Crippen LogP contribution in [0.3, 0.4) is 0 Å². The summed E-state index contributed by atoms with van der Waals surface area (Å²) >= 11 is 14.3. The fourth-order valence-corrected chi connectivity index (χ4v) is 3.38. The summed E-state index contributed by atoms with van der Waals surface area (Å²) in [5.74, 6) is 0.602. The molecular formula is C16H12Cl2N2S. The van der Waals surface area contributed by atoms with Crippen molar-refractivity contribution in [1.82, 2.24) is 9.97 Å². The lowest BCUT2D eigenvalue weighted by atomic mass is 10.1. The first kappa shape index (κ1) is 14.6. The number of benzene rings is 2. The van der Waals surface area contributed by atoms with Crippen LogP contribution in [0.15, 0.2) is 41.3 Å². The Labute approximate surface area is 137 Å². The molecule has 0 atom stereocenters. The lowest BCUT2D eigenvalue weighted by Gasteiger charge is -2.10. The molecular weight excluding hydrogens is 323 g/mol. The number of nitrogens with zero attached hydrogens (tertiary/aromatic N) is 2. The highest BCUT2D eigenvalue weighted by molar-refractivity contribution is 7.98. The molecule has 0 aliphatic rings. The maximum atomic E-state index is 6.37. The Morgan fingerprint density at radius 1 is 1.00 bits per heavy atom. The molecule has 0 amide bonds. The van der Waals surface area contributed by atoms with Gasteiger partial charge in [-0.2, -0.15) is 0 Å². The molecule has 0 N–H and O–H groups in total. The van der Waals surface area contributed by atoms with Gasteiger partial charge in [-0.1, -0.05) is 47.5 Å². The second-order valence-electron chi connectivity index (χ2n) is 4.63. The van der Waals surface area contributed by atoms with Gasteiger partial charge in [-0.15, -0.1) is 11.8 Å². The van der Waals surface area contributed by atoms with E-state index in [4.69, 9.17) is 23.2 Å². The third-order valence-corrected chi connectivity index (χ3v) is 4.69. The van der Waals surface area contributed by atoms with Gasteiger partial charge >= 0.3 is 0 Å². The average Bonchev–Trinajstić information content (AvgIpc) is 2.50. The monoisotopic (exact) mass is 334 g/mol. The molecule has 1 heterocycles. The highest BCUT2D eigenvalue weighted by Crippen LogP contribution is 2.34. The van der Waals surface area contributed by atoms with Crippen LogP contribution >= 0.6 is 35.0 Å². The first-order valence-corrected chi connectivity index (χ1v) is 8.35. The van der Waals surface area contributed by atoms with Gasteiger partial charge in [-0.3, -0.25) is 0 Å². The summed E-state index contributed by atoms with van der Waals surface area (Å²) < 4.78 is 0. The predicted molar refractivity (Wildman–Crippen MR) is 91.5 cm³/mol. The number of aryl methyl sites for hydroxylation is 1. The van der Waals surface area contributed by atoms with Gasteiger partial charge in [0.2, 0.25) is 0 Å². The minimum absolute atomic E-state index is 0.436. The van der Waals surface area contributed by atoms with Gasteiger partial charge in [0.15, 0.2) is 5.82 Å². The van der Waals surface area contributed by atoms with E-state index in [9.17, 15) is 0 Å². The Kier molecular flexibility index (Phi) is 4.07. The molecule has 0 bridgehead atoms. The van der Waals surface area contributed by atoms with Crippen molar-refractivity contribution in [2.75, 3.05) is 6.26 Å². The lowest BCUT2D eigenvalue weighted by molar-refractivity contribution is 1.20. The standard InChI is InChI=1S/C16H12Cl2N2S/c1-9-7-8-11(17)14-13(9)15(18)20-16(19-14)10-5-3-4-6-12(10)21-2/h3-8H,1-2H3. The fraction of sp³-hybridized carbons (Fsp3) is 0.125. The molecule has 106 valence electrons. The van der Waals surface area contributed by atoms with Crippen LogP contribution in [0.2, 0.25) is 10.2 Å². The topological polar surface area (TPSA) is 25.8 Å². The van der Waals surface area contributed by atoms with E-state index in [1.165, 1.54) is 0 Å². The van der Waals surface area contributed by atoms with Gasteiger partial charge in [0.05, 0.1) is 10.5 Å². The van der Waals surface area contributed by atoms with Crippen LogP contribution in [0.5, 0.6) is 0 Å². The zero-order valence-electron chi connectivity index (χ0n) is 11.5. The molecule has 0 spiro atoms. The minimum atomic E-state index is 0.436. The lowest BCUT2D eigenvalue weighted by Crippen LogP contribution is -1.95. The van der Waals surface area contributed by atoms with Crippen molar-refractivity contribution in [2.45, 2.75) is 11.8 Å². The predicted octanol–water partition coefficient (Wildman–Crippen LogP) is 5.63. The molecule has 0 fully saturated rings. The van der Waals surface area contributed by atoms with Gasteiger partial charge < -0.3 is 0 Å². The van der Waals surface area contributed by atoms with Crippen molar-refractivity contribution in [3.05, 3.63) is 52.1 Å². The van der Waals surface area contributed by atoms with Crippen LogP contribution < -0.4 is 0 Å². The van der Waals surface area contributed by atoms with E-state index >= 15 is 0 Å². The SMILES string of the molecule is CSc1ccccc1-c1nc(Cl)c2c(C)ccc(Cl)c2n1. The minimum Gasteiger partial charge on any atom is -0.226 e. The van der Waals surface area contributed by atoms with Crippen LogP contribution in [0, 0.1) is 6.92 Å². The van der Waals surface area contributed by atoms with Gasteiger partial charge in [0.1, 0.15) is 5.15 Å². The Morgan fingerprint density at radius 3 is 2.52 bits per heavy atom. The van der Waals surface area contributed by atoms with Gasteiger partial charge in [-0.05, 0) is 30.9 Å². The molecule has 0 unspecified atom stereocenters. The highest BCUT2D eigenvalue weighted by atomic mass is 35.5. The Hall–Kier alpha value is -1.29. The van der Waals surface area contributed by atoms with E-state index < -0.39 is 0 Å². The van der Waals surface area contributed by atoms with E-state index in [1.54, 1.807) is 11.8 Å². The normalized spacial score (nSPS) is 11.0. The molecule has 1 aromatic heterocycles. The summed E-state index contributed by atoms with van der Waals surface area (Å²) in [5, 5.41) is 1.84. The van der Waals surface area contributed by atoms with Crippen LogP contribution in [0.1, 0.15) is 5.56 Å². The molecule has 0 saturated carbocycles. The number of hydrogen-bond donors (Lipinski definition) is 0. The summed E-state index contributed by atoms with van der Waals surface area (Å²) in [5.41, 5.74) is 2.68. The summed E-state index contributed by atoms with van der Waals surface area (Å²) in [6.45, 7) is 1.98. The largest absolute Gasteiger partial charge is 0.226 e. The zero-order chi connectivity index (χ0) is 15.0. The molecule has 21 heavy (non-hydrogen) atoms. The maximum Gasteiger partial charge on any atom is 0.162 e. The number of thioether (sulfide) groups is 1. The third-order valence-electron chi connectivity index (χ3n) is 3.31. The summed E-state index contributed by atoms with van der Waals surface area (Å²) in [7, 11) is 0. The zero-order valence-corrected chi connectivity index (χ0v) is 13.9. The molecule has 2 nitrogen and oxygen atoms in total. The Balaban J connectivity index is 2.33. The highest BCUT2D eigenvalue weighted by Gasteiger charge is 2.14. The van der Waals surface area contributed by atoms with Crippen LogP contribution in [-0.2, 0) is 0 Å². The van der Waals surface area contributed by atoms with Crippen LogP contribution in [0.4, 0.5) is 0 Å². The molecule has 3 rings (SSSR count). The first-order valence-electron chi connectivity index (χ1n) is 6.37. The van der Waals surface area contributed by atoms with Crippen LogP contribution in [-0.4, -0.2) is 16.2 Å². The fourth-order valence-electron chi connectivity index (χ4n) is 2.27. The molecule has 0 aliphatic carbocycles. The number of halogens is 2. The summed E-state index contributed by atoms with van der Waals surface area (Å²) in [6.07, 6.45) is 2.03. The molecule has 2 aromatic carbocycles. The molecule has 5 heteroatoms. The number of fused-ring (bicyclic) bond motifs is 1. The summed E-state index contributed by atoms with van der Waals surface area (Å²) in [4.78, 5) is 10.2. The van der Waals surface area contributed by atoms with E-state index in [2.05, 4.69) is 9.97 Å². The molecule has 0 saturated heterocycles. The van der Waals surface area contributed by atoms with Crippen molar-refractivity contribution in [2.24, 2.45) is 0 Å². The Morgan fingerprint density at radius 2 is 1.76 bits per heavy atom. The summed E-state index contributed by atoms with van der Waals surface area (Å²) in [6, 6.07) is 11.8. The smallest absolute Gasteiger partial charge is 0.162 e. The number of aromatic nitrogens is 2. The van der Waals surface area contributed by atoms with Crippen molar-refractivity contribution in [1.29, 1.82) is 0 Å². The Bertz CT molecular complexity index is 834. The van der Waals surface area contributed by atoms with Crippen molar-refractivity contribution in [3.63, 3.8) is 0 Å². The second kappa shape index (κ2) is 5.84. The van der Waals surface area contributed by atoms with E-state index in [1.807, 2.05) is 49.6 Å². The van der Waals surface area contributed by atoms with E-state index in [0.717, 1.165) is 21.4 Å². The second-order valence-corrected chi connectivity index (χ2v) is 6.24. The molecule has 3 aromatic rings. The van der Waals surface area contributed by atoms with E-state index in [-0.39, 0.29) is 0 Å². The third kappa shape index (κ3) is 2.61. The van der Waals surface area contributed by atoms with Crippen LogP contribution in [0.25, 0.3) is 22.3 Å². The average molecular weight is 335 g/mol. The van der Waals surface area contributed by atoms with Gasteiger partial charge in [-0.25, -0.2) is 9.97 Å². The van der Waals surface area contributed by atoms with E-state index in [0.29, 0.717) is 21.5 Å². The van der Waals surface area contributed by atoms with Gasteiger partial charge in [0, 0.05) is 15.8 Å². The van der Waals surface area contributed by atoms with Crippen molar-refractivity contribution < 1.29 is 0 Å². The van der Waals surface area contributed by atoms with Crippen molar-refractivity contribution >= 4 is 45.9 Å². The maximum absolute atomic E-state index is 6.37. The van der Waals surface area contributed by atoms with Crippen molar-refractivity contribution in [3.8, 4) is 11.4 Å². The molecule has 0 radical (unpaired) electrons. The quantitative estimate of drug-likeness (QED) is 0.448. The number of hydrogen-bond acceptors (Lipinski definition) is 3. The first-order chi connectivity index (χ1) is 10.1. The van der Waals surface area contributed by atoms with Gasteiger partial charge in [0.25, 0.3) is 0 Å².